The van der Waals surface area contributed by atoms with Crippen LogP contribution in [0, 0.1) is 10.1 Å². The molecule has 0 aliphatic carbocycles. The third kappa shape index (κ3) is 3.27. The lowest BCUT2D eigenvalue weighted by atomic mass is 10.1. The van der Waals surface area contributed by atoms with E-state index in [1.54, 1.807) is 13.0 Å². The van der Waals surface area contributed by atoms with Crippen molar-refractivity contribution in [1.29, 1.82) is 0 Å². The van der Waals surface area contributed by atoms with Crippen LogP contribution in [0.2, 0.25) is 0 Å². The number of ether oxygens (including phenoxy) is 1. The summed E-state index contributed by atoms with van der Waals surface area (Å²) in [6.07, 6.45) is 1.39. The number of para-hydroxylation sites is 2. The summed E-state index contributed by atoms with van der Waals surface area (Å²) in [7, 11) is 0. The van der Waals surface area contributed by atoms with Gasteiger partial charge in [0.2, 0.25) is 0 Å². The molecule has 0 saturated carbocycles. The zero-order chi connectivity index (χ0) is 17.0. The van der Waals surface area contributed by atoms with Gasteiger partial charge in [0.15, 0.2) is 0 Å². The minimum absolute atomic E-state index is 0.0392. The predicted octanol–water partition coefficient (Wildman–Crippen LogP) is 1.93. The number of carbonyl (C=O) groups excluding carboxylic acids is 1. The minimum atomic E-state index is -1.44. The van der Waals surface area contributed by atoms with Crippen molar-refractivity contribution in [1.82, 2.24) is 9.55 Å². The topological polar surface area (TPSA) is 107 Å². The third-order valence-electron chi connectivity index (χ3n) is 3.12. The molecule has 1 aromatic carbocycles. The standard InChI is InChI=1S/C15H15N3O5/c1-3-23-15(20)10(2)13(19)14-16-8-9-17(14)11-6-4-5-7-12(11)18(21)22/h4-9,13,19H,2-3H2,1H3. The van der Waals surface area contributed by atoms with Crippen LogP contribution in [0.25, 0.3) is 5.69 Å². The van der Waals surface area contributed by atoms with E-state index in [1.165, 1.54) is 35.2 Å². The van der Waals surface area contributed by atoms with E-state index in [4.69, 9.17) is 4.74 Å². The Labute approximate surface area is 131 Å². The highest BCUT2D eigenvalue weighted by atomic mass is 16.6. The van der Waals surface area contributed by atoms with Crippen molar-refractivity contribution < 1.29 is 19.6 Å². The van der Waals surface area contributed by atoms with Crippen molar-refractivity contribution in [3.8, 4) is 5.69 Å². The van der Waals surface area contributed by atoms with Gasteiger partial charge in [-0.1, -0.05) is 18.7 Å². The summed E-state index contributed by atoms with van der Waals surface area (Å²) in [6.45, 7) is 5.28. The summed E-state index contributed by atoms with van der Waals surface area (Å²) in [6, 6.07) is 6.01. The molecule has 120 valence electrons. The van der Waals surface area contributed by atoms with E-state index in [2.05, 4.69) is 11.6 Å². The number of carbonyl (C=O) groups is 1. The first-order valence-electron chi connectivity index (χ1n) is 6.78. The quantitative estimate of drug-likeness (QED) is 0.377. The van der Waals surface area contributed by atoms with Crippen LogP contribution in [0.5, 0.6) is 0 Å². The van der Waals surface area contributed by atoms with Crippen LogP contribution in [0.15, 0.2) is 48.8 Å². The number of aliphatic hydroxyl groups is 1. The van der Waals surface area contributed by atoms with Gasteiger partial charge in [0, 0.05) is 18.5 Å². The van der Waals surface area contributed by atoms with E-state index < -0.39 is 17.0 Å². The Morgan fingerprint density at radius 1 is 1.52 bits per heavy atom. The second kappa shape index (κ2) is 6.84. The van der Waals surface area contributed by atoms with E-state index in [0.717, 1.165) is 0 Å². The predicted molar refractivity (Wildman–Crippen MR) is 81.0 cm³/mol. The highest BCUT2D eigenvalue weighted by molar-refractivity contribution is 5.88. The molecule has 1 atom stereocenters. The Kier molecular flexibility index (Phi) is 4.87. The van der Waals surface area contributed by atoms with E-state index in [9.17, 15) is 20.0 Å². The highest BCUT2D eigenvalue weighted by Gasteiger charge is 2.26. The van der Waals surface area contributed by atoms with Crippen LogP contribution >= 0.6 is 0 Å². The third-order valence-corrected chi connectivity index (χ3v) is 3.12. The van der Waals surface area contributed by atoms with Crippen LogP contribution in [0.1, 0.15) is 18.9 Å². The van der Waals surface area contributed by atoms with Gasteiger partial charge in [-0.05, 0) is 13.0 Å². The summed E-state index contributed by atoms with van der Waals surface area (Å²) >= 11 is 0. The molecule has 1 N–H and O–H groups in total. The number of nitrogens with zero attached hydrogens (tertiary/aromatic N) is 3. The molecule has 1 unspecified atom stereocenters. The molecule has 8 heteroatoms. The van der Waals surface area contributed by atoms with Gasteiger partial charge in [0.25, 0.3) is 5.69 Å². The molecule has 2 aromatic rings. The van der Waals surface area contributed by atoms with Crippen LogP contribution in [-0.4, -0.2) is 32.2 Å². The number of rotatable bonds is 6. The summed E-state index contributed by atoms with van der Waals surface area (Å²) in [5, 5.41) is 21.4. The van der Waals surface area contributed by atoms with Crippen molar-refractivity contribution in [3.63, 3.8) is 0 Å². The molecule has 0 saturated heterocycles. The minimum Gasteiger partial charge on any atom is -0.463 e. The fourth-order valence-electron chi connectivity index (χ4n) is 2.03. The number of nitro groups is 1. The van der Waals surface area contributed by atoms with Crippen LogP contribution < -0.4 is 0 Å². The first-order chi connectivity index (χ1) is 11.0. The SMILES string of the molecule is C=C(C(=O)OCC)C(O)c1nccn1-c1ccccc1[N+](=O)[O-]. The van der Waals surface area contributed by atoms with Crippen molar-refractivity contribution in [2.24, 2.45) is 0 Å². The van der Waals surface area contributed by atoms with E-state index in [1.807, 2.05) is 0 Å². The van der Waals surface area contributed by atoms with Gasteiger partial charge < -0.3 is 9.84 Å². The van der Waals surface area contributed by atoms with Gasteiger partial charge in [-0.25, -0.2) is 9.78 Å². The number of hydrogen-bond acceptors (Lipinski definition) is 6. The van der Waals surface area contributed by atoms with Crippen molar-refractivity contribution in [3.05, 3.63) is 64.7 Å². The Morgan fingerprint density at radius 2 is 2.22 bits per heavy atom. The first-order valence-corrected chi connectivity index (χ1v) is 6.78. The zero-order valence-corrected chi connectivity index (χ0v) is 12.4. The molecule has 0 aliphatic rings. The van der Waals surface area contributed by atoms with E-state index in [-0.39, 0.29) is 29.4 Å². The van der Waals surface area contributed by atoms with Crippen molar-refractivity contribution >= 4 is 11.7 Å². The molecule has 23 heavy (non-hydrogen) atoms. The maximum absolute atomic E-state index is 11.7. The van der Waals surface area contributed by atoms with Crippen LogP contribution in [0.3, 0.4) is 0 Å². The Balaban J connectivity index is 2.43. The van der Waals surface area contributed by atoms with Gasteiger partial charge in [0.1, 0.15) is 17.6 Å². The number of esters is 1. The van der Waals surface area contributed by atoms with Gasteiger partial charge in [0.05, 0.1) is 17.1 Å². The fourth-order valence-corrected chi connectivity index (χ4v) is 2.03. The molecular formula is C15H15N3O5. The second-order valence-corrected chi connectivity index (χ2v) is 4.55. The van der Waals surface area contributed by atoms with Gasteiger partial charge in [-0.2, -0.15) is 0 Å². The maximum atomic E-state index is 11.7. The van der Waals surface area contributed by atoms with Crippen LogP contribution in [0.4, 0.5) is 5.69 Å². The lowest BCUT2D eigenvalue weighted by Gasteiger charge is -2.14. The molecule has 0 spiro atoms. The highest BCUT2D eigenvalue weighted by Crippen LogP contribution is 2.27. The van der Waals surface area contributed by atoms with Gasteiger partial charge >= 0.3 is 5.97 Å². The van der Waals surface area contributed by atoms with E-state index >= 15 is 0 Å². The molecule has 0 bridgehead atoms. The molecule has 0 amide bonds. The number of aliphatic hydroxyl groups excluding tert-OH is 1. The average molecular weight is 317 g/mol. The van der Waals surface area contributed by atoms with Crippen molar-refractivity contribution in [2.75, 3.05) is 6.61 Å². The molecule has 0 aliphatic heterocycles. The second-order valence-electron chi connectivity index (χ2n) is 4.55. The smallest absolute Gasteiger partial charge is 0.336 e. The number of hydrogen-bond donors (Lipinski definition) is 1. The first kappa shape index (κ1) is 16.4. The Morgan fingerprint density at radius 3 is 2.87 bits per heavy atom. The van der Waals surface area contributed by atoms with Gasteiger partial charge in [-0.3, -0.25) is 14.7 Å². The molecule has 0 fully saturated rings. The molecule has 8 nitrogen and oxygen atoms in total. The van der Waals surface area contributed by atoms with E-state index in [0.29, 0.717) is 0 Å². The van der Waals surface area contributed by atoms with Gasteiger partial charge in [-0.15, -0.1) is 0 Å². The molecule has 2 rings (SSSR count). The zero-order valence-electron chi connectivity index (χ0n) is 12.4. The monoisotopic (exact) mass is 317 g/mol. The largest absolute Gasteiger partial charge is 0.463 e. The Hall–Kier alpha value is -3.00. The lowest BCUT2D eigenvalue weighted by molar-refractivity contribution is -0.384. The normalized spacial score (nSPS) is 11.7. The number of benzene rings is 1. The molecular weight excluding hydrogens is 302 g/mol. The number of imidazole rings is 1. The number of aromatic nitrogens is 2. The van der Waals surface area contributed by atoms with Crippen molar-refractivity contribution in [2.45, 2.75) is 13.0 Å². The maximum Gasteiger partial charge on any atom is 0.336 e. The summed E-state index contributed by atoms with van der Waals surface area (Å²) in [5.74, 6) is -0.713. The molecule has 1 heterocycles. The molecule has 0 radical (unpaired) electrons. The summed E-state index contributed by atoms with van der Waals surface area (Å²) in [4.78, 5) is 26.3. The summed E-state index contributed by atoms with van der Waals surface area (Å²) in [5.41, 5.74) is -0.126. The summed E-state index contributed by atoms with van der Waals surface area (Å²) < 4.78 is 6.13. The lowest BCUT2D eigenvalue weighted by Crippen LogP contribution is -2.17. The number of nitro benzene ring substituents is 1. The molecule has 1 aromatic heterocycles. The Bertz CT molecular complexity index is 753. The average Bonchev–Trinajstić information content (AvgIpc) is 3.03. The van der Waals surface area contributed by atoms with Crippen LogP contribution in [-0.2, 0) is 9.53 Å². The fraction of sp³-hybridized carbons (Fsp3) is 0.200.